The fourth-order valence-electron chi connectivity index (χ4n) is 1.83. The van der Waals surface area contributed by atoms with Crippen LogP contribution >= 0.6 is 0 Å². The molecule has 0 aromatic heterocycles. The third-order valence-electron chi connectivity index (χ3n) is 3.22. The fraction of sp³-hybridized carbons (Fsp3) is 0.353. The Morgan fingerprint density at radius 1 is 1.36 bits per heavy atom. The van der Waals surface area contributed by atoms with Crippen molar-refractivity contribution in [1.82, 2.24) is 4.83 Å². The first kappa shape index (κ1) is 11.7. The van der Waals surface area contributed by atoms with Gasteiger partial charge in [-0.25, -0.2) is 0 Å². The van der Waals surface area contributed by atoms with Crippen LogP contribution in [0.3, 0.4) is 0 Å². The Morgan fingerprint density at radius 3 is 2.59 bits per heavy atom. The molecule has 0 radical (unpaired) electrons. The maximum absolute atomic E-state index is 12.4. The molecule has 0 bridgehead atoms. The van der Waals surface area contributed by atoms with Crippen LogP contribution in [0.15, 0.2) is 58.1 Å². The zero-order valence-corrected chi connectivity index (χ0v) is 13.7. The van der Waals surface area contributed by atoms with Gasteiger partial charge in [0, 0.05) is 5.48 Å². The molecule has 0 saturated carbocycles. The number of nitrogens with zero attached hydrogens (tertiary/aromatic N) is 1. The zero-order chi connectivity index (χ0) is 19.9. The maximum atomic E-state index is 12.4. The number of rotatable bonds is 4. The molecule has 0 amide bonds. The molecule has 1 N–H and O–H groups in total. The van der Waals surface area contributed by atoms with Crippen molar-refractivity contribution in [2.75, 3.05) is 0 Å². The van der Waals surface area contributed by atoms with Gasteiger partial charge in [0.25, 0.3) is 10.0 Å². The molecule has 1 atom stereocenters. The monoisotopic (exact) mass is 322 g/mol. The van der Waals surface area contributed by atoms with Gasteiger partial charge in [-0.05, 0) is 57.1 Å². The van der Waals surface area contributed by atoms with Gasteiger partial charge in [-0.2, -0.15) is 18.4 Å². The van der Waals surface area contributed by atoms with Crippen LogP contribution in [0.2, 0.25) is 0 Å². The number of hydrogen-bond acceptors (Lipinski definition) is 3. The minimum Gasteiger partial charge on any atom is -0.200 e. The van der Waals surface area contributed by atoms with Crippen LogP contribution in [0, 0.1) is 12.8 Å². The first-order valence-electron chi connectivity index (χ1n) is 8.81. The van der Waals surface area contributed by atoms with Crippen molar-refractivity contribution in [2.24, 2.45) is 11.0 Å². The molecule has 1 aromatic rings. The standard InChI is InChI=1S/C17H22N2O2S/c1-12(2)15-8-7-14(4)17(11-15)18-19-22(20,21)16-9-5-13(3)6-10-16/h5-7,9-10,15,19H,1,8,11H2,2-4H3/b18-17+/i8D2,11D2. The van der Waals surface area contributed by atoms with E-state index in [0.717, 1.165) is 5.56 Å². The van der Waals surface area contributed by atoms with E-state index in [2.05, 4.69) is 16.5 Å². The summed E-state index contributed by atoms with van der Waals surface area (Å²) < 4.78 is 57.7. The summed E-state index contributed by atoms with van der Waals surface area (Å²) >= 11 is 0. The van der Waals surface area contributed by atoms with E-state index in [1.54, 1.807) is 19.1 Å². The zero-order valence-electron chi connectivity index (χ0n) is 16.8. The van der Waals surface area contributed by atoms with Gasteiger partial charge in [0.2, 0.25) is 0 Å². The fourth-order valence-corrected chi connectivity index (χ4v) is 2.64. The quantitative estimate of drug-likeness (QED) is 0.680. The lowest BCUT2D eigenvalue weighted by Gasteiger charge is -2.22. The summed E-state index contributed by atoms with van der Waals surface area (Å²) in [4.78, 5) is 2.08. The van der Waals surface area contributed by atoms with Crippen LogP contribution in [-0.4, -0.2) is 14.1 Å². The van der Waals surface area contributed by atoms with Gasteiger partial charge in [-0.3, -0.25) is 0 Å². The van der Waals surface area contributed by atoms with Crippen LogP contribution in [0.5, 0.6) is 0 Å². The number of aryl methyl sites for hydroxylation is 1. The normalized spacial score (nSPS) is 27.9. The topological polar surface area (TPSA) is 58.5 Å². The van der Waals surface area contributed by atoms with Crippen LogP contribution in [0.25, 0.3) is 0 Å². The maximum Gasteiger partial charge on any atom is 0.276 e. The number of sulfonamides is 1. The van der Waals surface area contributed by atoms with Crippen molar-refractivity contribution in [3.8, 4) is 0 Å². The first-order chi connectivity index (χ1) is 11.8. The summed E-state index contributed by atoms with van der Waals surface area (Å²) in [5.74, 6) is -1.18. The number of hydrogen-bond donors (Lipinski definition) is 1. The van der Waals surface area contributed by atoms with Crippen LogP contribution in [0.1, 0.15) is 37.6 Å². The van der Waals surface area contributed by atoms with E-state index in [0.29, 0.717) is 5.57 Å². The molecule has 0 heterocycles. The van der Waals surface area contributed by atoms with Gasteiger partial charge in [0.05, 0.1) is 10.6 Å². The second kappa shape index (κ2) is 6.48. The molecule has 5 heteroatoms. The summed E-state index contributed by atoms with van der Waals surface area (Å²) in [6.07, 6.45) is -2.91. The van der Waals surface area contributed by atoms with Gasteiger partial charge in [-0.1, -0.05) is 35.9 Å². The molecule has 1 aliphatic carbocycles. The Labute approximate surface area is 138 Å². The van der Waals surface area contributed by atoms with Crippen molar-refractivity contribution in [3.05, 3.63) is 53.6 Å². The molecule has 1 unspecified atom stereocenters. The Kier molecular flexibility index (Phi) is 3.43. The van der Waals surface area contributed by atoms with E-state index in [1.165, 1.54) is 25.1 Å². The first-order valence-corrected chi connectivity index (χ1v) is 8.29. The van der Waals surface area contributed by atoms with Crippen LogP contribution < -0.4 is 4.83 Å². The van der Waals surface area contributed by atoms with E-state index in [1.807, 2.05) is 6.92 Å². The number of hydrazone groups is 1. The van der Waals surface area contributed by atoms with Crippen molar-refractivity contribution in [1.29, 1.82) is 0 Å². The average molecular weight is 322 g/mol. The molecule has 22 heavy (non-hydrogen) atoms. The number of nitrogens with one attached hydrogen (secondary N) is 1. The molecule has 1 aliphatic rings. The van der Waals surface area contributed by atoms with Crippen molar-refractivity contribution in [2.45, 2.75) is 38.4 Å². The highest BCUT2D eigenvalue weighted by Gasteiger charge is 2.20. The lowest BCUT2D eigenvalue weighted by atomic mass is 9.85. The van der Waals surface area contributed by atoms with Crippen LogP contribution in [-0.2, 0) is 10.0 Å². The van der Waals surface area contributed by atoms with Crippen molar-refractivity contribution >= 4 is 15.7 Å². The Hall–Kier alpha value is -1.88. The highest BCUT2D eigenvalue weighted by Crippen LogP contribution is 2.26. The highest BCUT2D eigenvalue weighted by atomic mass is 32.2. The third kappa shape index (κ3) is 3.85. The Morgan fingerprint density at radius 2 is 2.00 bits per heavy atom. The van der Waals surface area contributed by atoms with Crippen molar-refractivity contribution < 1.29 is 13.9 Å². The molecule has 0 saturated heterocycles. The molecule has 0 aliphatic heterocycles. The predicted molar refractivity (Wildman–Crippen MR) is 90.2 cm³/mol. The number of allylic oxidation sites excluding steroid dienone is 3. The molecule has 1 aromatic carbocycles. The largest absolute Gasteiger partial charge is 0.276 e. The van der Waals surface area contributed by atoms with E-state index in [4.69, 9.17) is 5.48 Å². The summed E-state index contributed by atoms with van der Waals surface area (Å²) in [5, 5.41) is 3.81. The SMILES string of the molecule is [2H]C1([2H])C=C(C)/C(=N/NS(=O)(=O)c2ccc(C)cc2)C([2H])([2H])C1C(=C)C. The summed E-state index contributed by atoms with van der Waals surface area (Å²) in [6.45, 7) is 8.57. The van der Waals surface area contributed by atoms with Crippen LogP contribution in [0.4, 0.5) is 0 Å². The highest BCUT2D eigenvalue weighted by molar-refractivity contribution is 7.89. The van der Waals surface area contributed by atoms with Gasteiger partial charge in [0.15, 0.2) is 0 Å². The van der Waals surface area contributed by atoms with E-state index in [9.17, 15) is 8.42 Å². The summed E-state index contributed by atoms with van der Waals surface area (Å²) in [5.41, 5.74) is 1.31. The molecule has 118 valence electrons. The second-order valence-corrected chi connectivity index (χ2v) is 6.95. The minimum atomic E-state index is -3.96. The third-order valence-corrected chi connectivity index (χ3v) is 4.45. The van der Waals surface area contributed by atoms with E-state index < -0.39 is 28.7 Å². The van der Waals surface area contributed by atoms with Crippen molar-refractivity contribution in [3.63, 3.8) is 0 Å². The lowest BCUT2D eigenvalue weighted by molar-refractivity contribution is 0.583. The second-order valence-electron chi connectivity index (χ2n) is 5.29. The minimum absolute atomic E-state index is 0.0113. The molecule has 0 fully saturated rings. The van der Waals surface area contributed by atoms with Gasteiger partial charge < -0.3 is 0 Å². The Bertz CT molecular complexity index is 888. The lowest BCUT2D eigenvalue weighted by Crippen LogP contribution is -2.23. The Balaban J connectivity index is 2.46. The average Bonchev–Trinajstić information content (AvgIpc) is 2.44. The van der Waals surface area contributed by atoms with Gasteiger partial charge in [0.1, 0.15) is 0 Å². The summed E-state index contributed by atoms with van der Waals surface area (Å²) in [6, 6.07) is 6.17. The molecule has 2 rings (SSSR count). The molecular weight excluding hydrogens is 296 g/mol. The predicted octanol–water partition coefficient (Wildman–Crippen LogP) is 3.56. The molecular formula is C17H22N2O2S. The smallest absolute Gasteiger partial charge is 0.200 e. The van der Waals surface area contributed by atoms with E-state index in [-0.39, 0.29) is 16.2 Å². The summed E-state index contributed by atoms with van der Waals surface area (Å²) in [7, 11) is -3.96. The van der Waals surface area contributed by atoms with Gasteiger partial charge in [-0.15, -0.1) is 0 Å². The molecule has 4 nitrogen and oxygen atoms in total. The number of benzene rings is 1. The molecule has 0 spiro atoms. The van der Waals surface area contributed by atoms with Gasteiger partial charge >= 0.3 is 0 Å². The van der Waals surface area contributed by atoms with E-state index >= 15 is 0 Å².